The monoisotopic (exact) mass is 317 g/mol. The van der Waals surface area contributed by atoms with Gasteiger partial charge in [-0.3, -0.25) is 4.79 Å². The summed E-state index contributed by atoms with van der Waals surface area (Å²) in [7, 11) is 1.70. The molecule has 0 unspecified atom stereocenters. The van der Waals surface area contributed by atoms with Crippen LogP contribution in [0.4, 0.5) is 5.13 Å². The van der Waals surface area contributed by atoms with Crippen LogP contribution in [0.3, 0.4) is 0 Å². The third-order valence-electron chi connectivity index (χ3n) is 3.06. The minimum absolute atomic E-state index is 0.0679. The summed E-state index contributed by atoms with van der Waals surface area (Å²) in [4.78, 5) is 22.1. The van der Waals surface area contributed by atoms with Gasteiger partial charge in [0.2, 0.25) is 11.8 Å². The molecule has 0 spiro atoms. The number of thiazole rings is 1. The summed E-state index contributed by atoms with van der Waals surface area (Å²) in [5.41, 5.74) is 0.929. The summed E-state index contributed by atoms with van der Waals surface area (Å²) >= 11 is 1.53. The predicted molar refractivity (Wildman–Crippen MR) is 83.6 cm³/mol. The summed E-state index contributed by atoms with van der Waals surface area (Å²) in [5.74, 6) is 0.915. The molecule has 0 saturated carbocycles. The number of anilines is 1. The molecule has 3 aromatic rings. The van der Waals surface area contributed by atoms with E-state index in [0.29, 0.717) is 18.3 Å². The third-order valence-corrected chi connectivity index (χ3v) is 4.05. The lowest BCUT2D eigenvalue weighted by molar-refractivity contribution is -0.128. The number of nitrogens with one attached hydrogen (secondary N) is 1. The van der Waals surface area contributed by atoms with Gasteiger partial charge in [-0.2, -0.15) is 4.98 Å². The van der Waals surface area contributed by atoms with Crippen LogP contribution in [0.25, 0.3) is 10.2 Å². The number of hydrogen-bond donors (Lipinski definition) is 1. The number of para-hydroxylation sites is 1. The van der Waals surface area contributed by atoms with Gasteiger partial charge in [-0.25, -0.2) is 4.98 Å². The molecule has 2 heterocycles. The van der Waals surface area contributed by atoms with Gasteiger partial charge in [0.15, 0.2) is 11.0 Å². The summed E-state index contributed by atoms with van der Waals surface area (Å²) in [6.45, 7) is 2.21. The molecule has 0 radical (unpaired) electrons. The number of carbonyl (C=O) groups excluding carboxylic acids is 1. The Morgan fingerprint density at radius 1 is 1.36 bits per heavy atom. The summed E-state index contributed by atoms with van der Waals surface area (Å²) in [5, 5.41) is 7.57. The van der Waals surface area contributed by atoms with Gasteiger partial charge >= 0.3 is 0 Å². The van der Waals surface area contributed by atoms with Crippen LogP contribution in [0, 0.1) is 6.92 Å². The topological polar surface area (TPSA) is 84.2 Å². The average Bonchev–Trinajstić information content (AvgIpc) is 3.10. The molecule has 0 fully saturated rings. The van der Waals surface area contributed by atoms with Crippen molar-refractivity contribution in [3.63, 3.8) is 0 Å². The second-order valence-electron chi connectivity index (χ2n) is 4.82. The van der Waals surface area contributed by atoms with E-state index < -0.39 is 0 Å². The number of benzene rings is 1. The molecule has 0 atom stereocenters. The molecule has 0 bridgehead atoms. The maximum Gasteiger partial charge on any atom is 0.242 e. The second kappa shape index (κ2) is 6.10. The van der Waals surface area contributed by atoms with Crippen molar-refractivity contribution >= 4 is 32.6 Å². The van der Waals surface area contributed by atoms with Crippen LogP contribution in [0.1, 0.15) is 11.7 Å². The van der Waals surface area contributed by atoms with E-state index in [2.05, 4.69) is 20.4 Å². The van der Waals surface area contributed by atoms with Crippen molar-refractivity contribution in [2.45, 2.75) is 13.5 Å². The van der Waals surface area contributed by atoms with Gasteiger partial charge in [0.1, 0.15) is 0 Å². The SMILES string of the molecule is Cc1nc(CN(C)C(=O)CNc2nc3ccccc3s2)no1. The highest BCUT2D eigenvalue weighted by Crippen LogP contribution is 2.25. The molecule has 1 N–H and O–H groups in total. The van der Waals surface area contributed by atoms with Gasteiger partial charge in [-0.15, -0.1) is 0 Å². The molecule has 1 amide bonds. The van der Waals surface area contributed by atoms with Crippen molar-refractivity contribution in [3.05, 3.63) is 36.0 Å². The number of rotatable bonds is 5. The Bertz CT molecular complexity index is 764. The molecule has 3 rings (SSSR count). The van der Waals surface area contributed by atoms with E-state index in [4.69, 9.17) is 4.52 Å². The standard InChI is InChI=1S/C14H15N5O2S/c1-9-16-12(18-21-9)8-19(2)13(20)7-15-14-17-10-5-3-4-6-11(10)22-14/h3-6H,7-8H2,1-2H3,(H,15,17). The lowest BCUT2D eigenvalue weighted by Gasteiger charge is -2.14. The number of aromatic nitrogens is 3. The molecular weight excluding hydrogens is 302 g/mol. The quantitative estimate of drug-likeness (QED) is 0.775. The van der Waals surface area contributed by atoms with Gasteiger partial charge < -0.3 is 14.7 Å². The molecule has 1 aromatic carbocycles. The number of aryl methyl sites for hydroxylation is 1. The zero-order valence-corrected chi connectivity index (χ0v) is 13.1. The molecular formula is C14H15N5O2S. The van der Waals surface area contributed by atoms with Crippen molar-refractivity contribution in [3.8, 4) is 0 Å². The van der Waals surface area contributed by atoms with E-state index in [1.807, 2.05) is 24.3 Å². The fourth-order valence-electron chi connectivity index (χ4n) is 1.94. The highest BCUT2D eigenvalue weighted by molar-refractivity contribution is 7.22. The summed E-state index contributed by atoms with van der Waals surface area (Å²) < 4.78 is 5.98. The first kappa shape index (κ1) is 14.5. The van der Waals surface area contributed by atoms with Crippen molar-refractivity contribution < 1.29 is 9.32 Å². The van der Waals surface area contributed by atoms with Gasteiger partial charge in [0, 0.05) is 14.0 Å². The van der Waals surface area contributed by atoms with Gasteiger partial charge in [-0.1, -0.05) is 28.6 Å². The first-order chi connectivity index (χ1) is 10.6. The fraction of sp³-hybridized carbons (Fsp3) is 0.286. The van der Waals surface area contributed by atoms with Crippen LogP contribution >= 0.6 is 11.3 Å². The average molecular weight is 317 g/mol. The predicted octanol–water partition coefficient (Wildman–Crippen LogP) is 2.06. The Hall–Kier alpha value is -2.48. The Morgan fingerprint density at radius 3 is 2.91 bits per heavy atom. The van der Waals surface area contributed by atoms with Crippen LogP contribution in [0.2, 0.25) is 0 Å². The number of hydrogen-bond acceptors (Lipinski definition) is 7. The van der Waals surface area contributed by atoms with Crippen LogP contribution in [-0.4, -0.2) is 39.5 Å². The number of fused-ring (bicyclic) bond motifs is 1. The smallest absolute Gasteiger partial charge is 0.242 e. The van der Waals surface area contributed by atoms with Crippen LogP contribution in [-0.2, 0) is 11.3 Å². The molecule has 0 aliphatic rings. The van der Waals surface area contributed by atoms with Crippen molar-refractivity contribution in [1.82, 2.24) is 20.0 Å². The maximum atomic E-state index is 12.1. The molecule has 0 saturated heterocycles. The lowest BCUT2D eigenvalue weighted by Crippen LogP contribution is -2.32. The van der Waals surface area contributed by atoms with Gasteiger partial charge in [0.25, 0.3) is 0 Å². The molecule has 8 heteroatoms. The van der Waals surface area contributed by atoms with Crippen molar-refractivity contribution in [2.75, 3.05) is 18.9 Å². The molecule has 22 heavy (non-hydrogen) atoms. The molecule has 114 valence electrons. The zero-order chi connectivity index (χ0) is 15.5. The van der Waals surface area contributed by atoms with Gasteiger partial charge in [0.05, 0.1) is 23.3 Å². The Labute approximate surface area is 131 Å². The molecule has 2 aromatic heterocycles. The minimum Gasteiger partial charge on any atom is -0.352 e. The molecule has 7 nitrogen and oxygen atoms in total. The summed E-state index contributed by atoms with van der Waals surface area (Å²) in [6, 6.07) is 7.86. The number of amides is 1. The lowest BCUT2D eigenvalue weighted by atomic mass is 10.3. The highest BCUT2D eigenvalue weighted by atomic mass is 32.1. The Morgan fingerprint density at radius 2 is 2.18 bits per heavy atom. The van der Waals surface area contributed by atoms with Crippen molar-refractivity contribution in [2.24, 2.45) is 0 Å². The van der Waals surface area contributed by atoms with Gasteiger partial charge in [-0.05, 0) is 12.1 Å². The first-order valence-electron chi connectivity index (χ1n) is 6.74. The van der Waals surface area contributed by atoms with E-state index in [1.165, 1.54) is 11.3 Å². The number of nitrogens with zero attached hydrogens (tertiary/aromatic N) is 4. The molecule has 0 aliphatic carbocycles. The Kier molecular flexibility index (Phi) is 4.01. The summed E-state index contributed by atoms with van der Waals surface area (Å²) in [6.07, 6.45) is 0. The van der Waals surface area contributed by atoms with E-state index in [0.717, 1.165) is 15.3 Å². The van der Waals surface area contributed by atoms with E-state index in [1.54, 1.807) is 18.9 Å². The van der Waals surface area contributed by atoms with E-state index >= 15 is 0 Å². The van der Waals surface area contributed by atoms with Crippen molar-refractivity contribution in [1.29, 1.82) is 0 Å². The fourth-order valence-corrected chi connectivity index (χ4v) is 2.80. The minimum atomic E-state index is -0.0679. The number of likely N-dealkylation sites (N-methyl/N-ethyl adjacent to an activating group) is 1. The van der Waals surface area contributed by atoms with E-state index in [-0.39, 0.29) is 12.5 Å². The zero-order valence-electron chi connectivity index (χ0n) is 12.2. The van der Waals surface area contributed by atoms with E-state index in [9.17, 15) is 4.79 Å². The largest absolute Gasteiger partial charge is 0.352 e. The number of carbonyl (C=O) groups is 1. The normalized spacial score (nSPS) is 10.8. The Balaban J connectivity index is 1.57. The van der Waals surface area contributed by atoms with Crippen LogP contribution in [0.5, 0.6) is 0 Å². The molecule has 0 aliphatic heterocycles. The maximum absolute atomic E-state index is 12.1. The van der Waals surface area contributed by atoms with Crippen LogP contribution in [0.15, 0.2) is 28.8 Å². The van der Waals surface area contributed by atoms with Crippen LogP contribution < -0.4 is 5.32 Å². The first-order valence-corrected chi connectivity index (χ1v) is 7.56. The highest BCUT2D eigenvalue weighted by Gasteiger charge is 2.13. The second-order valence-corrected chi connectivity index (χ2v) is 5.85. The third kappa shape index (κ3) is 3.22.